The van der Waals surface area contributed by atoms with Crippen LogP contribution < -0.4 is 5.32 Å². The smallest absolute Gasteiger partial charge is 0.0118 e. The predicted molar refractivity (Wildman–Crippen MR) is 70.2 cm³/mol. The Hall–Kier alpha value is -0.0400. The van der Waals surface area contributed by atoms with Crippen molar-refractivity contribution in [1.29, 1.82) is 0 Å². The van der Waals surface area contributed by atoms with E-state index in [1.807, 2.05) is 0 Å². The van der Waals surface area contributed by atoms with Gasteiger partial charge in [0.1, 0.15) is 0 Å². The molecule has 0 spiro atoms. The van der Waals surface area contributed by atoms with E-state index in [1.165, 1.54) is 25.7 Å². The third kappa shape index (κ3) is 6.19. The lowest BCUT2D eigenvalue weighted by molar-refractivity contribution is 0.217. The van der Waals surface area contributed by atoms with Crippen LogP contribution in [0.3, 0.4) is 0 Å². The molecule has 0 aliphatic heterocycles. The number of hydrogen-bond acceptors (Lipinski definition) is 1. The summed E-state index contributed by atoms with van der Waals surface area (Å²) < 4.78 is 0. The minimum absolute atomic E-state index is 0.437. The average Bonchev–Trinajstić information content (AvgIpc) is 2.16. The molecule has 1 nitrogen and oxygen atoms in total. The molecule has 0 aliphatic carbocycles. The second-order valence-corrected chi connectivity index (χ2v) is 5.78. The third-order valence-corrected chi connectivity index (χ3v) is 3.58. The summed E-state index contributed by atoms with van der Waals surface area (Å²) in [7, 11) is 0. The molecule has 15 heavy (non-hydrogen) atoms. The molecule has 0 amide bonds. The van der Waals surface area contributed by atoms with Gasteiger partial charge in [-0.1, -0.05) is 54.4 Å². The topological polar surface area (TPSA) is 12.0 Å². The Morgan fingerprint density at radius 3 is 2.07 bits per heavy atom. The van der Waals surface area contributed by atoms with Crippen LogP contribution in [0.2, 0.25) is 0 Å². The van der Waals surface area contributed by atoms with Crippen molar-refractivity contribution >= 4 is 0 Å². The fourth-order valence-electron chi connectivity index (χ4n) is 1.99. The Balaban J connectivity index is 4.04. The molecule has 92 valence electrons. The molecule has 1 heteroatoms. The van der Waals surface area contributed by atoms with E-state index >= 15 is 0 Å². The van der Waals surface area contributed by atoms with Gasteiger partial charge in [-0.15, -0.1) is 0 Å². The van der Waals surface area contributed by atoms with E-state index in [-0.39, 0.29) is 0 Å². The van der Waals surface area contributed by atoms with Gasteiger partial charge in [-0.2, -0.15) is 0 Å². The SMILES string of the molecule is CCNC(CCCC(C)C)C(C)(C)CC. The molecule has 0 aromatic heterocycles. The Morgan fingerprint density at radius 1 is 1.07 bits per heavy atom. The molecule has 0 aromatic carbocycles. The number of nitrogens with one attached hydrogen (secondary N) is 1. The minimum atomic E-state index is 0.437. The number of rotatable bonds is 8. The van der Waals surface area contributed by atoms with Crippen molar-refractivity contribution in [2.75, 3.05) is 6.54 Å². The Labute approximate surface area is 97.0 Å². The highest BCUT2D eigenvalue weighted by atomic mass is 14.9. The van der Waals surface area contributed by atoms with E-state index in [0.717, 1.165) is 12.5 Å². The fourth-order valence-corrected chi connectivity index (χ4v) is 1.99. The van der Waals surface area contributed by atoms with Gasteiger partial charge in [-0.3, -0.25) is 0 Å². The summed E-state index contributed by atoms with van der Waals surface area (Å²) in [5.41, 5.74) is 0.437. The fraction of sp³-hybridized carbons (Fsp3) is 1.00. The van der Waals surface area contributed by atoms with Gasteiger partial charge in [0, 0.05) is 6.04 Å². The van der Waals surface area contributed by atoms with Gasteiger partial charge in [0.05, 0.1) is 0 Å². The van der Waals surface area contributed by atoms with Gasteiger partial charge in [0.15, 0.2) is 0 Å². The summed E-state index contributed by atoms with van der Waals surface area (Å²) in [6, 6.07) is 0.686. The second-order valence-electron chi connectivity index (χ2n) is 5.78. The van der Waals surface area contributed by atoms with Gasteiger partial charge in [0.25, 0.3) is 0 Å². The van der Waals surface area contributed by atoms with E-state index < -0.39 is 0 Å². The van der Waals surface area contributed by atoms with Gasteiger partial charge in [-0.05, 0) is 30.7 Å². The lowest BCUT2D eigenvalue weighted by atomic mass is 9.79. The van der Waals surface area contributed by atoms with Crippen molar-refractivity contribution in [3.8, 4) is 0 Å². The first-order chi connectivity index (χ1) is 6.94. The van der Waals surface area contributed by atoms with E-state index in [9.17, 15) is 0 Å². The first-order valence-corrected chi connectivity index (χ1v) is 6.67. The molecule has 1 N–H and O–H groups in total. The predicted octanol–water partition coefficient (Wildman–Crippen LogP) is 4.23. The maximum atomic E-state index is 3.65. The molecule has 0 heterocycles. The van der Waals surface area contributed by atoms with Crippen LogP contribution in [0.25, 0.3) is 0 Å². The summed E-state index contributed by atoms with van der Waals surface area (Å²) in [5, 5.41) is 3.65. The maximum absolute atomic E-state index is 3.65. The largest absolute Gasteiger partial charge is 0.314 e. The molecule has 0 bridgehead atoms. The van der Waals surface area contributed by atoms with Crippen LogP contribution in [0, 0.1) is 11.3 Å². The summed E-state index contributed by atoms with van der Waals surface area (Å²) in [6.07, 6.45) is 5.31. The van der Waals surface area contributed by atoms with Crippen molar-refractivity contribution < 1.29 is 0 Å². The summed E-state index contributed by atoms with van der Waals surface area (Å²) >= 11 is 0. The molecular weight excluding hydrogens is 182 g/mol. The first kappa shape index (κ1) is 15.0. The van der Waals surface area contributed by atoms with Gasteiger partial charge >= 0.3 is 0 Å². The van der Waals surface area contributed by atoms with Crippen LogP contribution in [-0.2, 0) is 0 Å². The van der Waals surface area contributed by atoms with Crippen molar-refractivity contribution in [1.82, 2.24) is 5.32 Å². The lowest BCUT2D eigenvalue weighted by Crippen LogP contribution is -2.41. The van der Waals surface area contributed by atoms with Crippen LogP contribution in [0.15, 0.2) is 0 Å². The Bertz CT molecular complexity index is 149. The molecule has 0 aliphatic rings. The monoisotopic (exact) mass is 213 g/mol. The molecule has 0 fully saturated rings. The highest BCUT2D eigenvalue weighted by Gasteiger charge is 2.26. The molecule has 1 atom stereocenters. The maximum Gasteiger partial charge on any atom is 0.0118 e. The standard InChI is InChI=1S/C14H31N/c1-7-14(5,6)13(15-8-2)11-9-10-12(3)4/h12-13,15H,7-11H2,1-6H3. The van der Waals surface area contributed by atoms with Gasteiger partial charge in [-0.25, -0.2) is 0 Å². The van der Waals surface area contributed by atoms with E-state index in [2.05, 4.69) is 46.9 Å². The third-order valence-electron chi connectivity index (χ3n) is 3.58. The normalized spacial score (nSPS) is 14.6. The van der Waals surface area contributed by atoms with Crippen LogP contribution in [0.5, 0.6) is 0 Å². The lowest BCUT2D eigenvalue weighted by Gasteiger charge is -2.34. The summed E-state index contributed by atoms with van der Waals surface area (Å²) in [6.45, 7) is 15.0. The van der Waals surface area contributed by atoms with Crippen molar-refractivity contribution in [3.05, 3.63) is 0 Å². The highest BCUT2D eigenvalue weighted by molar-refractivity contribution is 4.82. The average molecular weight is 213 g/mol. The second kappa shape index (κ2) is 7.27. The molecule has 0 radical (unpaired) electrons. The summed E-state index contributed by atoms with van der Waals surface area (Å²) in [4.78, 5) is 0. The van der Waals surface area contributed by atoms with Crippen molar-refractivity contribution in [2.45, 2.75) is 73.3 Å². The molecule has 1 unspecified atom stereocenters. The zero-order chi connectivity index (χ0) is 11.9. The van der Waals surface area contributed by atoms with Gasteiger partial charge < -0.3 is 5.32 Å². The zero-order valence-electron chi connectivity index (χ0n) is 11.7. The molecule has 0 rings (SSSR count). The van der Waals surface area contributed by atoms with Crippen molar-refractivity contribution in [3.63, 3.8) is 0 Å². The van der Waals surface area contributed by atoms with Gasteiger partial charge in [0.2, 0.25) is 0 Å². The molecule has 0 saturated heterocycles. The van der Waals surface area contributed by atoms with Crippen LogP contribution in [0.4, 0.5) is 0 Å². The minimum Gasteiger partial charge on any atom is -0.314 e. The Kier molecular flexibility index (Phi) is 7.25. The highest BCUT2D eigenvalue weighted by Crippen LogP contribution is 2.28. The van der Waals surface area contributed by atoms with Crippen LogP contribution in [-0.4, -0.2) is 12.6 Å². The number of hydrogen-bond donors (Lipinski definition) is 1. The summed E-state index contributed by atoms with van der Waals surface area (Å²) in [5.74, 6) is 0.844. The van der Waals surface area contributed by atoms with E-state index in [4.69, 9.17) is 0 Å². The molecule has 0 aromatic rings. The van der Waals surface area contributed by atoms with Crippen molar-refractivity contribution in [2.24, 2.45) is 11.3 Å². The van der Waals surface area contributed by atoms with E-state index in [1.54, 1.807) is 0 Å². The van der Waals surface area contributed by atoms with Crippen LogP contribution >= 0.6 is 0 Å². The molecular formula is C14H31N. The first-order valence-electron chi connectivity index (χ1n) is 6.67. The molecule has 0 saturated carbocycles. The van der Waals surface area contributed by atoms with Crippen LogP contribution in [0.1, 0.15) is 67.2 Å². The van der Waals surface area contributed by atoms with E-state index in [0.29, 0.717) is 11.5 Å². The quantitative estimate of drug-likeness (QED) is 0.636. The Morgan fingerprint density at radius 2 is 1.67 bits per heavy atom. The zero-order valence-corrected chi connectivity index (χ0v) is 11.7.